The Kier molecular flexibility index (Phi) is 5.98. The summed E-state index contributed by atoms with van der Waals surface area (Å²) in [5, 5.41) is 13.0. The molecule has 3 N–H and O–H groups in total. The molecule has 1 aliphatic rings. The molecule has 0 radical (unpaired) electrons. The number of nitrogens with zero attached hydrogens (tertiary/aromatic N) is 2. The van der Waals surface area contributed by atoms with Crippen LogP contribution < -0.4 is 10.6 Å². The smallest absolute Gasteiger partial charge is 0.220 e. The number of carbonyl (C=O) groups is 1. The Bertz CT molecular complexity index is 386. The SMILES string of the molecule is CC(CC(=O)NCCCc1ncn[nH]1)C1CCCNC1. The number of aromatic nitrogens is 3. The molecule has 6 heteroatoms. The number of nitrogens with one attached hydrogen (secondary N) is 3. The lowest BCUT2D eigenvalue weighted by Crippen LogP contribution is -2.35. The van der Waals surface area contributed by atoms with Crippen LogP contribution in [0.1, 0.15) is 38.4 Å². The van der Waals surface area contributed by atoms with Gasteiger partial charge in [-0.25, -0.2) is 4.98 Å². The van der Waals surface area contributed by atoms with Crippen LogP contribution in [0.25, 0.3) is 0 Å². The lowest BCUT2D eigenvalue weighted by molar-refractivity contribution is -0.122. The van der Waals surface area contributed by atoms with Crippen molar-refractivity contribution < 1.29 is 4.79 Å². The molecule has 0 aromatic carbocycles. The van der Waals surface area contributed by atoms with E-state index in [1.165, 1.54) is 19.2 Å². The highest BCUT2D eigenvalue weighted by Crippen LogP contribution is 2.22. The summed E-state index contributed by atoms with van der Waals surface area (Å²) in [7, 11) is 0. The molecule has 1 aromatic heterocycles. The molecule has 20 heavy (non-hydrogen) atoms. The first kappa shape index (κ1) is 15.0. The van der Waals surface area contributed by atoms with Crippen LogP contribution in [0.5, 0.6) is 0 Å². The molecule has 2 heterocycles. The van der Waals surface area contributed by atoms with Crippen molar-refractivity contribution in [1.29, 1.82) is 0 Å². The van der Waals surface area contributed by atoms with Crippen LogP contribution in [-0.2, 0) is 11.2 Å². The zero-order chi connectivity index (χ0) is 14.2. The number of piperidine rings is 1. The zero-order valence-corrected chi connectivity index (χ0v) is 12.2. The Morgan fingerprint density at radius 3 is 3.20 bits per heavy atom. The van der Waals surface area contributed by atoms with Crippen LogP contribution in [0, 0.1) is 11.8 Å². The maximum absolute atomic E-state index is 11.9. The Hall–Kier alpha value is -1.43. The van der Waals surface area contributed by atoms with Crippen LogP contribution in [-0.4, -0.2) is 40.7 Å². The van der Waals surface area contributed by atoms with E-state index in [1.807, 2.05) is 0 Å². The molecule has 6 nitrogen and oxygen atoms in total. The van der Waals surface area contributed by atoms with E-state index in [-0.39, 0.29) is 5.91 Å². The third-order valence-electron chi connectivity index (χ3n) is 4.02. The number of hydrogen-bond acceptors (Lipinski definition) is 4. The molecule has 0 saturated carbocycles. The Balaban J connectivity index is 1.57. The quantitative estimate of drug-likeness (QED) is 0.647. The monoisotopic (exact) mass is 279 g/mol. The summed E-state index contributed by atoms with van der Waals surface area (Å²) < 4.78 is 0. The Morgan fingerprint density at radius 2 is 2.50 bits per heavy atom. The van der Waals surface area contributed by atoms with E-state index < -0.39 is 0 Å². The van der Waals surface area contributed by atoms with Gasteiger partial charge in [0.15, 0.2) is 0 Å². The first-order valence-corrected chi connectivity index (χ1v) is 7.57. The first-order chi connectivity index (χ1) is 9.75. The van der Waals surface area contributed by atoms with Gasteiger partial charge in [-0.2, -0.15) is 5.10 Å². The summed E-state index contributed by atoms with van der Waals surface area (Å²) in [6, 6.07) is 0. The summed E-state index contributed by atoms with van der Waals surface area (Å²) in [5.41, 5.74) is 0. The predicted molar refractivity (Wildman–Crippen MR) is 77.1 cm³/mol. The van der Waals surface area contributed by atoms with Crippen molar-refractivity contribution in [2.75, 3.05) is 19.6 Å². The number of carbonyl (C=O) groups excluding carboxylic acids is 1. The highest BCUT2D eigenvalue weighted by atomic mass is 16.1. The standard InChI is InChI=1S/C14H25N5O/c1-11(12-4-2-6-15-9-12)8-14(20)16-7-3-5-13-17-10-18-19-13/h10-12,15H,2-9H2,1H3,(H,16,20)(H,17,18,19). The fourth-order valence-corrected chi connectivity index (χ4v) is 2.73. The van der Waals surface area contributed by atoms with Crippen molar-refractivity contribution >= 4 is 5.91 Å². The van der Waals surface area contributed by atoms with Gasteiger partial charge in [0.25, 0.3) is 0 Å². The maximum Gasteiger partial charge on any atom is 0.220 e. The molecule has 1 fully saturated rings. The van der Waals surface area contributed by atoms with Gasteiger partial charge in [-0.15, -0.1) is 0 Å². The van der Waals surface area contributed by atoms with Crippen LogP contribution >= 0.6 is 0 Å². The number of aryl methyl sites for hydroxylation is 1. The highest BCUT2D eigenvalue weighted by molar-refractivity contribution is 5.76. The van der Waals surface area contributed by atoms with Gasteiger partial charge in [0, 0.05) is 19.4 Å². The third-order valence-corrected chi connectivity index (χ3v) is 4.02. The molecule has 0 spiro atoms. The van der Waals surface area contributed by atoms with E-state index in [9.17, 15) is 4.79 Å². The van der Waals surface area contributed by atoms with Gasteiger partial charge in [-0.1, -0.05) is 6.92 Å². The number of H-pyrrole nitrogens is 1. The number of aromatic amines is 1. The average Bonchev–Trinajstić information content (AvgIpc) is 2.98. The van der Waals surface area contributed by atoms with Crippen molar-refractivity contribution in [3.8, 4) is 0 Å². The van der Waals surface area contributed by atoms with E-state index in [0.717, 1.165) is 31.8 Å². The van der Waals surface area contributed by atoms with Crippen molar-refractivity contribution in [1.82, 2.24) is 25.8 Å². The average molecular weight is 279 g/mol. The van der Waals surface area contributed by atoms with Gasteiger partial charge in [0.1, 0.15) is 12.2 Å². The van der Waals surface area contributed by atoms with E-state index in [4.69, 9.17) is 0 Å². The Morgan fingerprint density at radius 1 is 1.60 bits per heavy atom. The highest BCUT2D eigenvalue weighted by Gasteiger charge is 2.21. The van der Waals surface area contributed by atoms with E-state index in [0.29, 0.717) is 24.8 Å². The van der Waals surface area contributed by atoms with E-state index in [2.05, 4.69) is 32.7 Å². The normalized spacial score (nSPS) is 20.6. The van der Waals surface area contributed by atoms with Gasteiger partial charge in [-0.05, 0) is 44.2 Å². The molecule has 1 amide bonds. The molecule has 2 rings (SSSR count). The lowest BCUT2D eigenvalue weighted by Gasteiger charge is -2.28. The first-order valence-electron chi connectivity index (χ1n) is 7.57. The fraction of sp³-hybridized carbons (Fsp3) is 0.786. The summed E-state index contributed by atoms with van der Waals surface area (Å²) in [4.78, 5) is 15.9. The van der Waals surface area contributed by atoms with Gasteiger partial charge >= 0.3 is 0 Å². The Labute approximate surface area is 120 Å². The minimum Gasteiger partial charge on any atom is -0.356 e. The van der Waals surface area contributed by atoms with Gasteiger partial charge in [0.05, 0.1) is 0 Å². The molecule has 1 saturated heterocycles. The van der Waals surface area contributed by atoms with E-state index in [1.54, 1.807) is 0 Å². The largest absolute Gasteiger partial charge is 0.356 e. The predicted octanol–water partition coefficient (Wildman–Crippen LogP) is 0.879. The minimum absolute atomic E-state index is 0.167. The minimum atomic E-state index is 0.167. The van der Waals surface area contributed by atoms with Crippen LogP contribution in [0.4, 0.5) is 0 Å². The van der Waals surface area contributed by atoms with Gasteiger partial charge < -0.3 is 10.6 Å². The van der Waals surface area contributed by atoms with Gasteiger partial charge in [0.2, 0.25) is 5.91 Å². The van der Waals surface area contributed by atoms with Crippen molar-refractivity contribution in [3.05, 3.63) is 12.2 Å². The molecule has 2 atom stereocenters. The third kappa shape index (κ3) is 4.92. The molecule has 0 aliphatic carbocycles. The van der Waals surface area contributed by atoms with Crippen molar-refractivity contribution in [3.63, 3.8) is 0 Å². The van der Waals surface area contributed by atoms with Crippen molar-refractivity contribution in [2.24, 2.45) is 11.8 Å². The molecular formula is C14H25N5O. The topological polar surface area (TPSA) is 82.7 Å². The fourth-order valence-electron chi connectivity index (χ4n) is 2.73. The second-order valence-corrected chi connectivity index (χ2v) is 5.67. The number of rotatable bonds is 7. The molecule has 0 bridgehead atoms. The molecule has 2 unspecified atom stereocenters. The van der Waals surface area contributed by atoms with E-state index >= 15 is 0 Å². The van der Waals surface area contributed by atoms with Crippen molar-refractivity contribution in [2.45, 2.75) is 39.0 Å². The summed E-state index contributed by atoms with van der Waals surface area (Å²) in [5.74, 6) is 2.14. The summed E-state index contributed by atoms with van der Waals surface area (Å²) >= 11 is 0. The second-order valence-electron chi connectivity index (χ2n) is 5.67. The number of hydrogen-bond donors (Lipinski definition) is 3. The molecular weight excluding hydrogens is 254 g/mol. The molecule has 1 aromatic rings. The maximum atomic E-state index is 11.9. The summed E-state index contributed by atoms with van der Waals surface area (Å²) in [6.45, 7) is 5.07. The van der Waals surface area contributed by atoms with Crippen LogP contribution in [0.2, 0.25) is 0 Å². The number of amides is 1. The van der Waals surface area contributed by atoms with Crippen LogP contribution in [0.3, 0.4) is 0 Å². The summed E-state index contributed by atoms with van der Waals surface area (Å²) in [6.07, 6.45) is 6.33. The molecule has 112 valence electrons. The second kappa shape index (κ2) is 7.99. The lowest BCUT2D eigenvalue weighted by atomic mass is 9.85. The van der Waals surface area contributed by atoms with Gasteiger partial charge in [-0.3, -0.25) is 9.89 Å². The zero-order valence-electron chi connectivity index (χ0n) is 12.2. The molecule has 1 aliphatic heterocycles. The van der Waals surface area contributed by atoms with Crippen LogP contribution in [0.15, 0.2) is 6.33 Å².